The number of hydrogen-bond donors (Lipinski definition) is 2. The summed E-state index contributed by atoms with van der Waals surface area (Å²) >= 11 is 5.77. The Balaban J connectivity index is 2.49. The standard InChI is InChI=1S/C12H17ClN2O2/c1-15(2)7-3-6-14-12(17)10-8-9(13)4-5-11(10)16/h4-5,8,16H,3,6-7H2,1-2H3,(H,14,17). The summed E-state index contributed by atoms with van der Waals surface area (Å²) in [6, 6.07) is 4.41. The minimum absolute atomic E-state index is 0.0560. The molecule has 2 N–H and O–H groups in total. The molecule has 1 amide bonds. The molecule has 0 aromatic heterocycles. The number of aromatic hydroxyl groups is 1. The minimum atomic E-state index is -0.302. The van der Waals surface area contributed by atoms with Crippen molar-refractivity contribution in [1.29, 1.82) is 0 Å². The summed E-state index contributed by atoms with van der Waals surface area (Å²) in [4.78, 5) is 13.8. The average Bonchev–Trinajstić information content (AvgIpc) is 2.27. The number of rotatable bonds is 5. The van der Waals surface area contributed by atoms with Crippen molar-refractivity contribution in [3.63, 3.8) is 0 Å². The highest BCUT2D eigenvalue weighted by Crippen LogP contribution is 2.21. The molecule has 0 fully saturated rings. The van der Waals surface area contributed by atoms with E-state index in [1.807, 2.05) is 19.0 Å². The van der Waals surface area contributed by atoms with E-state index >= 15 is 0 Å². The van der Waals surface area contributed by atoms with Crippen LogP contribution in [0.25, 0.3) is 0 Å². The van der Waals surface area contributed by atoms with Crippen LogP contribution in [0.5, 0.6) is 5.75 Å². The van der Waals surface area contributed by atoms with Gasteiger partial charge in [-0.1, -0.05) is 11.6 Å². The van der Waals surface area contributed by atoms with Gasteiger partial charge in [-0.05, 0) is 45.3 Å². The third-order valence-corrected chi connectivity index (χ3v) is 2.51. The monoisotopic (exact) mass is 256 g/mol. The lowest BCUT2D eigenvalue weighted by Gasteiger charge is -2.10. The number of hydrogen-bond acceptors (Lipinski definition) is 3. The van der Waals surface area contributed by atoms with Crippen molar-refractivity contribution in [2.75, 3.05) is 27.2 Å². The van der Waals surface area contributed by atoms with Crippen molar-refractivity contribution in [2.45, 2.75) is 6.42 Å². The van der Waals surface area contributed by atoms with Crippen molar-refractivity contribution in [3.8, 4) is 5.75 Å². The zero-order chi connectivity index (χ0) is 12.8. The van der Waals surface area contributed by atoms with Crippen molar-refractivity contribution in [3.05, 3.63) is 28.8 Å². The van der Waals surface area contributed by atoms with E-state index in [2.05, 4.69) is 5.32 Å². The van der Waals surface area contributed by atoms with Gasteiger partial charge >= 0.3 is 0 Å². The molecule has 0 atom stereocenters. The highest BCUT2D eigenvalue weighted by molar-refractivity contribution is 6.31. The van der Waals surface area contributed by atoms with E-state index in [-0.39, 0.29) is 17.2 Å². The predicted molar refractivity (Wildman–Crippen MR) is 68.6 cm³/mol. The van der Waals surface area contributed by atoms with Crippen molar-refractivity contribution >= 4 is 17.5 Å². The minimum Gasteiger partial charge on any atom is -0.507 e. The SMILES string of the molecule is CN(C)CCCNC(=O)c1cc(Cl)ccc1O. The summed E-state index contributed by atoms with van der Waals surface area (Å²) in [5.41, 5.74) is 0.211. The van der Waals surface area contributed by atoms with Gasteiger partial charge in [-0.3, -0.25) is 4.79 Å². The zero-order valence-electron chi connectivity index (χ0n) is 10.0. The smallest absolute Gasteiger partial charge is 0.255 e. The van der Waals surface area contributed by atoms with Crippen LogP contribution in [0.15, 0.2) is 18.2 Å². The molecule has 17 heavy (non-hydrogen) atoms. The Labute approximate surface area is 106 Å². The number of carbonyl (C=O) groups is 1. The largest absolute Gasteiger partial charge is 0.507 e. The van der Waals surface area contributed by atoms with Crippen LogP contribution < -0.4 is 5.32 Å². The first-order chi connectivity index (χ1) is 8.00. The number of nitrogens with one attached hydrogen (secondary N) is 1. The molecule has 0 saturated heterocycles. The third kappa shape index (κ3) is 4.63. The van der Waals surface area contributed by atoms with Gasteiger partial charge < -0.3 is 15.3 Å². The Morgan fingerprint density at radius 2 is 2.18 bits per heavy atom. The normalized spacial score (nSPS) is 10.6. The van der Waals surface area contributed by atoms with Crippen LogP contribution >= 0.6 is 11.6 Å². The lowest BCUT2D eigenvalue weighted by Crippen LogP contribution is -2.27. The Kier molecular flexibility index (Phi) is 5.25. The molecule has 0 spiro atoms. The summed E-state index contributed by atoms with van der Waals surface area (Å²) in [5.74, 6) is -0.358. The van der Waals surface area contributed by atoms with E-state index in [1.165, 1.54) is 12.1 Å². The molecule has 0 aliphatic rings. The van der Waals surface area contributed by atoms with E-state index in [0.717, 1.165) is 13.0 Å². The van der Waals surface area contributed by atoms with Gasteiger partial charge in [-0.2, -0.15) is 0 Å². The fraction of sp³-hybridized carbons (Fsp3) is 0.417. The van der Waals surface area contributed by atoms with Crippen LogP contribution in [0.1, 0.15) is 16.8 Å². The second-order valence-corrected chi connectivity index (χ2v) is 4.51. The van der Waals surface area contributed by atoms with Crippen molar-refractivity contribution in [2.24, 2.45) is 0 Å². The van der Waals surface area contributed by atoms with Crippen LogP contribution in [-0.2, 0) is 0 Å². The number of nitrogens with zero attached hydrogens (tertiary/aromatic N) is 1. The Bertz CT molecular complexity index is 394. The highest BCUT2D eigenvalue weighted by atomic mass is 35.5. The van der Waals surface area contributed by atoms with Crippen molar-refractivity contribution in [1.82, 2.24) is 10.2 Å². The molecule has 0 saturated carbocycles. The molecule has 1 aromatic rings. The van der Waals surface area contributed by atoms with Gasteiger partial charge in [0, 0.05) is 11.6 Å². The molecular formula is C12H17ClN2O2. The van der Waals surface area contributed by atoms with Gasteiger partial charge in [0.05, 0.1) is 5.56 Å². The fourth-order valence-electron chi connectivity index (χ4n) is 1.38. The van der Waals surface area contributed by atoms with Crippen LogP contribution in [0.2, 0.25) is 5.02 Å². The summed E-state index contributed by atoms with van der Waals surface area (Å²) in [7, 11) is 3.95. The molecule has 0 radical (unpaired) electrons. The number of amides is 1. The molecule has 0 aliphatic heterocycles. The van der Waals surface area contributed by atoms with Crippen LogP contribution in [0.3, 0.4) is 0 Å². The second-order valence-electron chi connectivity index (χ2n) is 4.07. The van der Waals surface area contributed by atoms with E-state index in [4.69, 9.17) is 11.6 Å². The Morgan fingerprint density at radius 1 is 1.47 bits per heavy atom. The summed E-state index contributed by atoms with van der Waals surface area (Å²) < 4.78 is 0. The molecule has 94 valence electrons. The van der Waals surface area contributed by atoms with Gasteiger partial charge in [0.15, 0.2) is 0 Å². The van der Waals surface area contributed by atoms with E-state index < -0.39 is 0 Å². The summed E-state index contributed by atoms with van der Waals surface area (Å²) in [6.07, 6.45) is 0.861. The van der Waals surface area contributed by atoms with Gasteiger partial charge in [-0.15, -0.1) is 0 Å². The molecular weight excluding hydrogens is 240 g/mol. The summed E-state index contributed by atoms with van der Waals surface area (Å²) in [6.45, 7) is 1.48. The molecule has 0 unspecified atom stereocenters. The second kappa shape index (κ2) is 6.47. The van der Waals surface area contributed by atoms with Crippen LogP contribution in [0, 0.1) is 0 Å². The number of phenols is 1. The molecule has 1 rings (SSSR count). The van der Waals surface area contributed by atoms with Gasteiger partial charge in [0.1, 0.15) is 5.75 Å². The first-order valence-corrected chi connectivity index (χ1v) is 5.80. The van der Waals surface area contributed by atoms with E-state index in [0.29, 0.717) is 11.6 Å². The quantitative estimate of drug-likeness (QED) is 0.789. The van der Waals surface area contributed by atoms with E-state index in [1.54, 1.807) is 6.07 Å². The average molecular weight is 257 g/mol. The predicted octanol–water partition coefficient (Wildman–Crippen LogP) is 1.73. The maximum absolute atomic E-state index is 11.7. The third-order valence-electron chi connectivity index (χ3n) is 2.27. The lowest BCUT2D eigenvalue weighted by molar-refractivity contribution is 0.0949. The first-order valence-electron chi connectivity index (χ1n) is 5.42. The number of halogens is 1. The molecule has 0 heterocycles. The van der Waals surface area contributed by atoms with Crippen LogP contribution in [-0.4, -0.2) is 43.1 Å². The topological polar surface area (TPSA) is 52.6 Å². The Hall–Kier alpha value is -1.26. The van der Waals surface area contributed by atoms with E-state index in [9.17, 15) is 9.90 Å². The lowest BCUT2D eigenvalue weighted by atomic mass is 10.2. The molecule has 5 heteroatoms. The maximum atomic E-state index is 11.7. The summed E-state index contributed by atoms with van der Waals surface area (Å²) in [5, 5.41) is 12.7. The fourth-order valence-corrected chi connectivity index (χ4v) is 1.55. The number of phenolic OH excluding ortho intramolecular Hbond substituents is 1. The van der Waals surface area contributed by atoms with Crippen molar-refractivity contribution < 1.29 is 9.90 Å². The van der Waals surface area contributed by atoms with Crippen LogP contribution in [0.4, 0.5) is 0 Å². The van der Waals surface area contributed by atoms with Gasteiger partial charge in [0.25, 0.3) is 5.91 Å². The molecule has 4 nitrogen and oxygen atoms in total. The first kappa shape index (κ1) is 13.8. The maximum Gasteiger partial charge on any atom is 0.255 e. The molecule has 1 aromatic carbocycles. The Morgan fingerprint density at radius 3 is 2.82 bits per heavy atom. The number of benzene rings is 1. The highest BCUT2D eigenvalue weighted by Gasteiger charge is 2.10. The van der Waals surface area contributed by atoms with Gasteiger partial charge in [0.2, 0.25) is 0 Å². The zero-order valence-corrected chi connectivity index (χ0v) is 10.8. The molecule has 0 bridgehead atoms. The molecule has 0 aliphatic carbocycles. The van der Waals surface area contributed by atoms with Gasteiger partial charge in [-0.25, -0.2) is 0 Å². The number of carbonyl (C=O) groups excluding carboxylic acids is 1.